The zero-order valence-electron chi connectivity index (χ0n) is 16.3. The lowest BCUT2D eigenvalue weighted by atomic mass is 9.95. The van der Waals surface area contributed by atoms with E-state index in [2.05, 4.69) is 5.32 Å². The zero-order chi connectivity index (χ0) is 20.7. The number of benzene rings is 1. The molecule has 0 saturated heterocycles. The second-order valence-electron chi connectivity index (χ2n) is 7.34. The summed E-state index contributed by atoms with van der Waals surface area (Å²) in [7, 11) is 0. The first kappa shape index (κ1) is 22.1. The van der Waals surface area contributed by atoms with Crippen LogP contribution in [0.3, 0.4) is 0 Å². The number of hydrogen-bond acceptors (Lipinski definition) is 5. The van der Waals surface area contributed by atoms with Crippen LogP contribution in [0.25, 0.3) is 0 Å². The van der Waals surface area contributed by atoms with E-state index in [1.165, 1.54) is 38.3 Å². The molecule has 0 heterocycles. The second-order valence-corrected chi connectivity index (χ2v) is 7.74. The summed E-state index contributed by atoms with van der Waals surface area (Å²) in [5.41, 5.74) is -0.486. The molecule has 0 aromatic heterocycles. The number of rotatable bonds is 9. The molecule has 1 N–H and O–H groups in total. The van der Waals surface area contributed by atoms with Crippen molar-refractivity contribution in [2.45, 2.75) is 77.4 Å². The van der Waals surface area contributed by atoms with E-state index in [0.29, 0.717) is 31.1 Å². The molecule has 28 heavy (non-hydrogen) atoms. The summed E-state index contributed by atoms with van der Waals surface area (Å²) in [6.07, 6.45) is 7.24. The maximum atomic E-state index is 12.0. The van der Waals surface area contributed by atoms with Gasteiger partial charge in [0.2, 0.25) is 5.91 Å². The van der Waals surface area contributed by atoms with Gasteiger partial charge in [0, 0.05) is 18.5 Å². The minimum Gasteiger partial charge on any atom is -0.491 e. The number of ether oxygens (including phenoxy) is 1. The van der Waals surface area contributed by atoms with Gasteiger partial charge in [0.25, 0.3) is 5.69 Å². The standard InChI is InChI=1S/C20H27ClN2O5/c1-13(7-6-10-19(25)22-15-8-4-3-5-9-15)28-16-11-17(14(2)24)20(23(26)27)18(21)12-16/h11-13,15H,3-10H2,1-2H3,(H,22,25). The van der Waals surface area contributed by atoms with Gasteiger partial charge in [0.05, 0.1) is 11.0 Å². The third-order valence-electron chi connectivity index (χ3n) is 4.92. The molecule has 154 valence electrons. The Morgan fingerprint density at radius 3 is 2.61 bits per heavy atom. The number of amides is 1. The predicted molar refractivity (Wildman–Crippen MR) is 107 cm³/mol. The number of nitrogens with zero attached hydrogens (tertiary/aromatic N) is 1. The Morgan fingerprint density at radius 1 is 1.32 bits per heavy atom. The topological polar surface area (TPSA) is 98.5 Å². The molecule has 0 radical (unpaired) electrons. The van der Waals surface area contributed by atoms with Crippen molar-refractivity contribution in [2.24, 2.45) is 0 Å². The Bertz CT molecular complexity index is 732. The van der Waals surface area contributed by atoms with Gasteiger partial charge in [-0.1, -0.05) is 30.9 Å². The van der Waals surface area contributed by atoms with E-state index in [-0.39, 0.29) is 22.6 Å². The Kier molecular flexibility index (Phi) is 8.23. The van der Waals surface area contributed by atoms with Gasteiger partial charge in [-0.15, -0.1) is 0 Å². The van der Waals surface area contributed by atoms with Crippen LogP contribution in [0.4, 0.5) is 5.69 Å². The lowest BCUT2D eigenvalue weighted by Gasteiger charge is -2.23. The molecule has 1 aromatic rings. The number of halogens is 1. The molecule has 0 aliphatic heterocycles. The lowest BCUT2D eigenvalue weighted by molar-refractivity contribution is -0.385. The van der Waals surface area contributed by atoms with Crippen LogP contribution in [0.5, 0.6) is 5.75 Å². The van der Waals surface area contributed by atoms with Crippen molar-refractivity contribution in [1.29, 1.82) is 0 Å². The van der Waals surface area contributed by atoms with Crippen LogP contribution in [0.1, 0.15) is 75.6 Å². The molecule has 7 nitrogen and oxygen atoms in total. The van der Waals surface area contributed by atoms with Crippen molar-refractivity contribution in [3.8, 4) is 5.75 Å². The van der Waals surface area contributed by atoms with Gasteiger partial charge in [0.1, 0.15) is 16.3 Å². The Hall–Kier alpha value is -2.15. The maximum absolute atomic E-state index is 12.0. The molecule has 8 heteroatoms. The van der Waals surface area contributed by atoms with Crippen molar-refractivity contribution in [3.05, 3.63) is 32.8 Å². The molecule has 1 unspecified atom stereocenters. The maximum Gasteiger partial charge on any atom is 0.298 e. The van der Waals surface area contributed by atoms with Crippen LogP contribution in [0, 0.1) is 10.1 Å². The second kappa shape index (κ2) is 10.4. The molecular formula is C20H27ClN2O5. The average Bonchev–Trinajstić information content (AvgIpc) is 2.61. The highest BCUT2D eigenvalue weighted by Gasteiger charge is 2.24. The molecule has 2 rings (SSSR count). The quantitative estimate of drug-likeness (QED) is 0.357. The molecule has 1 aliphatic carbocycles. The zero-order valence-corrected chi connectivity index (χ0v) is 17.1. The number of nitro groups is 1. The van der Waals surface area contributed by atoms with E-state index in [4.69, 9.17) is 16.3 Å². The lowest BCUT2D eigenvalue weighted by Crippen LogP contribution is -2.36. The van der Waals surface area contributed by atoms with Crippen LogP contribution in [0.15, 0.2) is 12.1 Å². The SMILES string of the molecule is CC(=O)c1cc(OC(C)CCCC(=O)NC2CCCCC2)cc(Cl)c1[N+](=O)[O-]. The fourth-order valence-electron chi connectivity index (χ4n) is 3.48. The van der Waals surface area contributed by atoms with Gasteiger partial charge >= 0.3 is 0 Å². The van der Waals surface area contributed by atoms with Gasteiger partial charge in [-0.25, -0.2) is 0 Å². The predicted octanol–water partition coefficient (Wildman–Crippen LogP) is 4.84. The number of carbonyl (C=O) groups excluding carboxylic acids is 2. The number of Topliss-reactive ketones (excluding diaryl/α,β-unsaturated/α-hetero) is 1. The van der Waals surface area contributed by atoms with Crippen molar-refractivity contribution >= 4 is 29.0 Å². The van der Waals surface area contributed by atoms with Gasteiger partial charge in [-0.3, -0.25) is 19.7 Å². The molecule has 1 aliphatic rings. The largest absolute Gasteiger partial charge is 0.491 e. The smallest absolute Gasteiger partial charge is 0.298 e. The number of nitrogens with one attached hydrogen (secondary N) is 1. The van der Waals surface area contributed by atoms with E-state index in [1.54, 1.807) is 0 Å². The monoisotopic (exact) mass is 410 g/mol. The Labute approximate surface area is 169 Å². The first-order valence-corrected chi connectivity index (χ1v) is 10.1. The molecule has 1 atom stereocenters. The summed E-state index contributed by atoms with van der Waals surface area (Å²) >= 11 is 5.97. The fraction of sp³-hybridized carbons (Fsp3) is 0.600. The summed E-state index contributed by atoms with van der Waals surface area (Å²) < 4.78 is 5.76. The van der Waals surface area contributed by atoms with E-state index < -0.39 is 16.4 Å². The minimum absolute atomic E-state index is 0.0661. The fourth-order valence-corrected chi connectivity index (χ4v) is 3.76. The Balaban J connectivity index is 1.85. The van der Waals surface area contributed by atoms with Crippen LogP contribution >= 0.6 is 11.6 Å². The first-order chi connectivity index (χ1) is 13.3. The molecule has 0 spiro atoms. The molecule has 1 saturated carbocycles. The van der Waals surface area contributed by atoms with Gasteiger partial charge in [-0.05, 0) is 45.6 Å². The van der Waals surface area contributed by atoms with E-state index >= 15 is 0 Å². The van der Waals surface area contributed by atoms with E-state index in [1.807, 2.05) is 6.92 Å². The Morgan fingerprint density at radius 2 is 2.00 bits per heavy atom. The van der Waals surface area contributed by atoms with Crippen LogP contribution < -0.4 is 10.1 Å². The molecule has 1 amide bonds. The number of carbonyl (C=O) groups is 2. The van der Waals surface area contributed by atoms with E-state index in [0.717, 1.165) is 12.8 Å². The number of nitro benzene ring substituents is 1. The summed E-state index contributed by atoms with van der Waals surface area (Å²) in [5.74, 6) is -0.0811. The van der Waals surface area contributed by atoms with Crippen molar-refractivity contribution in [3.63, 3.8) is 0 Å². The van der Waals surface area contributed by atoms with Gasteiger partial charge < -0.3 is 10.1 Å². The van der Waals surface area contributed by atoms with Crippen LogP contribution in [0.2, 0.25) is 5.02 Å². The molecule has 1 fully saturated rings. The highest BCUT2D eigenvalue weighted by Crippen LogP contribution is 2.34. The highest BCUT2D eigenvalue weighted by atomic mass is 35.5. The average molecular weight is 411 g/mol. The van der Waals surface area contributed by atoms with Gasteiger partial charge in [-0.2, -0.15) is 0 Å². The van der Waals surface area contributed by atoms with Crippen molar-refractivity contribution in [1.82, 2.24) is 5.32 Å². The van der Waals surface area contributed by atoms with Crippen LogP contribution in [-0.2, 0) is 4.79 Å². The summed E-state index contributed by atoms with van der Waals surface area (Å²) in [6.45, 7) is 3.10. The first-order valence-electron chi connectivity index (χ1n) is 9.72. The van der Waals surface area contributed by atoms with Crippen molar-refractivity contribution in [2.75, 3.05) is 0 Å². The van der Waals surface area contributed by atoms with Crippen molar-refractivity contribution < 1.29 is 19.2 Å². The third-order valence-corrected chi connectivity index (χ3v) is 5.21. The van der Waals surface area contributed by atoms with Crippen LogP contribution in [-0.4, -0.2) is 28.8 Å². The summed E-state index contributed by atoms with van der Waals surface area (Å²) in [5, 5.41) is 14.1. The molecular weight excluding hydrogens is 384 g/mol. The number of hydrogen-bond donors (Lipinski definition) is 1. The van der Waals surface area contributed by atoms with Gasteiger partial charge in [0.15, 0.2) is 5.78 Å². The molecule has 1 aromatic carbocycles. The summed E-state index contributed by atoms with van der Waals surface area (Å²) in [6, 6.07) is 3.00. The number of ketones is 1. The summed E-state index contributed by atoms with van der Waals surface area (Å²) in [4.78, 5) is 34.2. The minimum atomic E-state index is -0.669. The normalized spacial score (nSPS) is 15.7. The van der Waals surface area contributed by atoms with E-state index in [9.17, 15) is 19.7 Å². The highest BCUT2D eigenvalue weighted by molar-refractivity contribution is 6.33. The molecule has 0 bridgehead atoms. The third kappa shape index (κ3) is 6.48.